The maximum absolute atomic E-state index is 10.0. The van der Waals surface area contributed by atoms with Crippen molar-refractivity contribution in [1.82, 2.24) is 19.1 Å². The van der Waals surface area contributed by atoms with Gasteiger partial charge in [0, 0.05) is 62.7 Å². The van der Waals surface area contributed by atoms with Crippen molar-refractivity contribution in [2.45, 2.75) is 40.8 Å². The van der Waals surface area contributed by atoms with Crippen LogP contribution in [0.2, 0.25) is 0 Å². The number of aryl methyl sites for hydroxylation is 2. The molecule has 253 valence electrons. The van der Waals surface area contributed by atoms with Crippen molar-refractivity contribution in [3.05, 3.63) is 146 Å². The van der Waals surface area contributed by atoms with E-state index in [1.807, 2.05) is 48.8 Å². The molecule has 0 amide bonds. The molecule has 4 aromatic heterocycles. The third-order valence-corrected chi connectivity index (χ3v) is 8.34. The molecule has 50 heavy (non-hydrogen) atoms. The topological polar surface area (TPSA) is 72.9 Å². The van der Waals surface area contributed by atoms with Gasteiger partial charge in [0.25, 0.3) is 0 Å². The fourth-order valence-corrected chi connectivity index (χ4v) is 6.29. The van der Waals surface area contributed by atoms with Crippen molar-refractivity contribution >= 4 is 49.4 Å². The summed E-state index contributed by atoms with van der Waals surface area (Å²) in [6.45, 7) is 9.12. The van der Waals surface area contributed by atoms with E-state index in [0.717, 1.165) is 35.6 Å². The molecule has 6 nitrogen and oxygen atoms in total. The van der Waals surface area contributed by atoms with Crippen LogP contribution in [-0.4, -0.2) is 30.0 Å². The molecule has 0 aliphatic rings. The molecule has 0 saturated carbocycles. The standard InChI is InChI=1S/2C19H15N2.C5H8O2.Ir/c2*1-2-21-18-9-4-3-7-15(18)16-13-14(10-11-19(16)21)17-8-5-6-12-20-17;1-4(6)3-5(2)7;/h2*3-9,11-13H,2H2,1H3;3,6H,1-2H3;/q2*-1;;/b;;4-3-;. The molecule has 8 aromatic rings. The van der Waals surface area contributed by atoms with Gasteiger partial charge in [-0.2, -0.15) is 0 Å². The number of pyridine rings is 2. The Bertz CT molecular complexity index is 2250. The summed E-state index contributed by atoms with van der Waals surface area (Å²) in [7, 11) is 0. The Kier molecular flexibility index (Phi) is 11.8. The number of benzene rings is 4. The van der Waals surface area contributed by atoms with Gasteiger partial charge in [0.2, 0.25) is 0 Å². The number of carbonyl (C=O) groups is 1. The van der Waals surface area contributed by atoms with E-state index in [2.05, 4.69) is 118 Å². The molecular weight excluding hydrogens is 797 g/mol. The molecular formula is C43H38IrN4O2-2. The number of aliphatic hydroxyl groups excluding tert-OH is 1. The summed E-state index contributed by atoms with van der Waals surface area (Å²) >= 11 is 0. The van der Waals surface area contributed by atoms with Gasteiger partial charge in [-0.15, -0.1) is 47.5 Å². The predicted molar refractivity (Wildman–Crippen MR) is 201 cm³/mol. The largest absolute Gasteiger partial charge is 0.512 e. The molecule has 0 bridgehead atoms. The number of hydrogen-bond donors (Lipinski definition) is 1. The number of fused-ring (bicyclic) bond motifs is 6. The predicted octanol–water partition coefficient (Wildman–Crippen LogP) is 10.4. The zero-order valence-electron chi connectivity index (χ0n) is 28.5. The van der Waals surface area contributed by atoms with Crippen LogP contribution in [0.1, 0.15) is 27.7 Å². The van der Waals surface area contributed by atoms with E-state index in [1.54, 1.807) is 0 Å². The van der Waals surface area contributed by atoms with E-state index < -0.39 is 0 Å². The van der Waals surface area contributed by atoms with Crippen LogP contribution in [0.4, 0.5) is 0 Å². The molecule has 4 aromatic carbocycles. The normalized spacial score (nSPS) is 11.1. The maximum Gasteiger partial charge on any atom is 0.155 e. The number of ketones is 1. The van der Waals surface area contributed by atoms with E-state index in [1.165, 1.54) is 63.5 Å². The van der Waals surface area contributed by atoms with Crippen LogP contribution < -0.4 is 0 Å². The summed E-state index contributed by atoms with van der Waals surface area (Å²) in [5.41, 5.74) is 9.05. The van der Waals surface area contributed by atoms with Crippen LogP contribution in [0.15, 0.2) is 133 Å². The van der Waals surface area contributed by atoms with Crippen molar-refractivity contribution in [3.63, 3.8) is 0 Å². The third kappa shape index (κ3) is 7.60. The number of allylic oxidation sites excluding steroid dienone is 2. The molecule has 4 heterocycles. The maximum atomic E-state index is 10.0. The van der Waals surface area contributed by atoms with Gasteiger partial charge in [-0.05, 0) is 85.2 Å². The molecule has 0 aliphatic carbocycles. The monoisotopic (exact) mass is 835 g/mol. The van der Waals surface area contributed by atoms with Gasteiger partial charge >= 0.3 is 0 Å². The summed E-state index contributed by atoms with van der Waals surface area (Å²) in [5.74, 6) is -0.0625. The van der Waals surface area contributed by atoms with Gasteiger partial charge < -0.3 is 24.2 Å². The fraction of sp³-hybridized carbons (Fsp3) is 0.140. The van der Waals surface area contributed by atoms with E-state index in [9.17, 15) is 4.79 Å². The zero-order valence-corrected chi connectivity index (χ0v) is 30.9. The van der Waals surface area contributed by atoms with E-state index in [0.29, 0.717) is 0 Å². The number of nitrogens with zero attached hydrogens (tertiary/aromatic N) is 4. The molecule has 0 saturated heterocycles. The van der Waals surface area contributed by atoms with Crippen LogP contribution >= 0.6 is 0 Å². The summed E-state index contributed by atoms with van der Waals surface area (Å²) < 4.78 is 4.67. The number of aliphatic hydroxyl groups is 1. The minimum atomic E-state index is -0.125. The van der Waals surface area contributed by atoms with Crippen molar-refractivity contribution in [2.24, 2.45) is 0 Å². The Labute approximate surface area is 306 Å². The Morgan fingerprint density at radius 1 is 0.640 bits per heavy atom. The first-order valence-corrected chi connectivity index (χ1v) is 16.5. The number of rotatable bonds is 5. The van der Waals surface area contributed by atoms with Crippen molar-refractivity contribution in [1.29, 1.82) is 0 Å². The average Bonchev–Trinajstić information content (AvgIpc) is 3.63. The zero-order chi connectivity index (χ0) is 34.3. The third-order valence-electron chi connectivity index (χ3n) is 8.34. The van der Waals surface area contributed by atoms with Crippen LogP contribution in [0.5, 0.6) is 0 Å². The SMILES string of the molecule is CC(=O)/C=C(/C)O.CCn1c2c[c-]c(-c3ccccn3)cc2c2ccccc21.CCn1c2c[c-]c(-c3ccccn3)cc2c2ccccc21.[Ir]. The van der Waals surface area contributed by atoms with E-state index >= 15 is 0 Å². The minimum absolute atomic E-state index is 0. The van der Waals surface area contributed by atoms with Gasteiger partial charge in [0.1, 0.15) is 0 Å². The quantitative estimate of drug-likeness (QED) is 0.107. The number of carbonyl (C=O) groups excluding carboxylic acids is 1. The molecule has 1 radical (unpaired) electrons. The minimum Gasteiger partial charge on any atom is -0.512 e. The summed E-state index contributed by atoms with van der Waals surface area (Å²) in [5, 5.41) is 13.5. The van der Waals surface area contributed by atoms with Gasteiger partial charge in [0.05, 0.1) is 5.76 Å². The van der Waals surface area contributed by atoms with E-state index in [-0.39, 0.29) is 31.6 Å². The molecule has 1 N–H and O–H groups in total. The van der Waals surface area contributed by atoms with Crippen molar-refractivity contribution in [3.8, 4) is 22.5 Å². The number of para-hydroxylation sites is 2. The van der Waals surface area contributed by atoms with Gasteiger partial charge in [-0.25, -0.2) is 0 Å². The van der Waals surface area contributed by atoms with Crippen molar-refractivity contribution < 1.29 is 30.0 Å². The summed E-state index contributed by atoms with van der Waals surface area (Å²) in [6.07, 6.45) is 4.81. The van der Waals surface area contributed by atoms with Gasteiger partial charge in [-0.1, -0.05) is 71.4 Å². The van der Waals surface area contributed by atoms with Crippen molar-refractivity contribution in [2.75, 3.05) is 0 Å². The second kappa shape index (κ2) is 16.4. The molecule has 0 aliphatic heterocycles. The van der Waals surface area contributed by atoms with Crippen LogP contribution in [-0.2, 0) is 38.0 Å². The smallest absolute Gasteiger partial charge is 0.155 e. The molecule has 0 atom stereocenters. The molecule has 0 unspecified atom stereocenters. The van der Waals surface area contributed by atoms with Gasteiger partial charge in [0.15, 0.2) is 5.78 Å². The molecule has 0 spiro atoms. The fourth-order valence-electron chi connectivity index (χ4n) is 6.29. The molecule has 7 heteroatoms. The first-order chi connectivity index (χ1) is 23.9. The Hall–Kier alpha value is -5.36. The summed E-state index contributed by atoms with van der Waals surface area (Å²) in [6, 6.07) is 44.4. The molecule has 0 fully saturated rings. The summed E-state index contributed by atoms with van der Waals surface area (Å²) in [4.78, 5) is 18.9. The first-order valence-electron chi connectivity index (χ1n) is 16.5. The first kappa shape index (κ1) is 35.9. The number of hydrogen-bond acceptors (Lipinski definition) is 4. The Morgan fingerprint density at radius 3 is 1.40 bits per heavy atom. The molecule has 8 rings (SSSR count). The van der Waals surface area contributed by atoms with Crippen LogP contribution in [0, 0.1) is 12.1 Å². The van der Waals surface area contributed by atoms with Crippen LogP contribution in [0.25, 0.3) is 66.1 Å². The second-order valence-electron chi connectivity index (χ2n) is 11.6. The Balaban J connectivity index is 0.000000162. The second-order valence-corrected chi connectivity index (χ2v) is 11.6. The van der Waals surface area contributed by atoms with Gasteiger partial charge in [-0.3, -0.25) is 4.79 Å². The Morgan fingerprint density at radius 2 is 1.06 bits per heavy atom. The van der Waals surface area contributed by atoms with Crippen LogP contribution in [0.3, 0.4) is 0 Å². The average molecular weight is 835 g/mol. The number of aromatic nitrogens is 4. The van der Waals surface area contributed by atoms with E-state index in [4.69, 9.17) is 5.11 Å².